The molecule has 1 aliphatic heterocycles. The number of nitrogens with zero attached hydrogens (tertiary/aromatic N) is 2. The molecule has 1 saturated heterocycles. The van der Waals surface area contributed by atoms with Gasteiger partial charge < -0.3 is 15.7 Å². The summed E-state index contributed by atoms with van der Waals surface area (Å²) >= 11 is 1.51. The van der Waals surface area contributed by atoms with Crippen LogP contribution in [0.25, 0.3) is 0 Å². The highest BCUT2D eigenvalue weighted by Crippen LogP contribution is 2.25. The van der Waals surface area contributed by atoms with E-state index in [1.165, 1.54) is 21.9 Å². The number of rotatable bonds is 7. The van der Waals surface area contributed by atoms with Gasteiger partial charge in [-0.3, -0.25) is 0 Å². The van der Waals surface area contributed by atoms with Gasteiger partial charge in [0.05, 0.1) is 12.8 Å². The van der Waals surface area contributed by atoms with Gasteiger partial charge in [-0.15, -0.1) is 11.3 Å². The number of sulfonamides is 1. The molecule has 9 heteroatoms. The Morgan fingerprint density at radius 3 is 2.84 bits per heavy atom. The third-order valence-electron chi connectivity index (χ3n) is 4.22. The van der Waals surface area contributed by atoms with Crippen molar-refractivity contribution in [2.75, 3.05) is 39.0 Å². The first-order valence-corrected chi connectivity index (χ1v) is 11.2. The molecule has 0 saturated carbocycles. The first-order chi connectivity index (χ1) is 11.7. The van der Waals surface area contributed by atoms with Gasteiger partial charge in [0.2, 0.25) is 10.0 Å². The van der Waals surface area contributed by atoms with Crippen LogP contribution in [0, 0.1) is 5.92 Å². The minimum absolute atomic E-state index is 0.253. The van der Waals surface area contributed by atoms with Crippen LogP contribution in [-0.4, -0.2) is 62.8 Å². The minimum Gasteiger partial charge on any atom is -0.383 e. The van der Waals surface area contributed by atoms with E-state index in [0.29, 0.717) is 32.1 Å². The monoisotopic (exact) mass is 388 g/mol. The summed E-state index contributed by atoms with van der Waals surface area (Å²) in [5.74, 6) is 0.897. The van der Waals surface area contributed by atoms with E-state index in [1.807, 2.05) is 24.4 Å². The standard InChI is InChI=1S/C16H28N4O3S2/c1-4-17-15(19-12-16(2,21)14-6-5-9-24-14)18-10-13-7-8-20(11-13)25(3,22)23/h5-6,9,13,21H,4,7-8,10-12H2,1-3H3,(H2,17,18,19). The summed E-state index contributed by atoms with van der Waals surface area (Å²) in [6.45, 7) is 6.47. The third-order valence-corrected chi connectivity index (χ3v) is 6.61. The molecule has 0 aliphatic carbocycles. The summed E-state index contributed by atoms with van der Waals surface area (Å²) in [5.41, 5.74) is -1.00. The fraction of sp³-hybridized carbons (Fsp3) is 0.688. The van der Waals surface area contributed by atoms with Gasteiger partial charge in [-0.2, -0.15) is 0 Å². The van der Waals surface area contributed by atoms with Crippen molar-refractivity contribution in [2.24, 2.45) is 10.9 Å². The fourth-order valence-corrected chi connectivity index (χ4v) is 4.44. The van der Waals surface area contributed by atoms with Crippen LogP contribution in [0.3, 0.4) is 0 Å². The molecule has 1 aromatic rings. The number of hydrogen-bond donors (Lipinski definition) is 3. The SMILES string of the molecule is CCNC(=NCC(C)(O)c1cccs1)NCC1CCN(S(C)(=O)=O)C1. The highest BCUT2D eigenvalue weighted by atomic mass is 32.2. The maximum atomic E-state index is 11.6. The molecular weight excluding hydrogens is 360 g/mol. The Bertz CT molecular complexity index is 672. The second kappa shape index (κ2) is 8.48. The molecule has 1 aromatic heterocycles. The minimum atomic E-state index is -3.11. The lowest BCUT2D eigenvalue weighted by Gasteiger charge is -2.21. The predicted octanol–water partition coefficient (Wildman–Crippen LogP) is 0.792. The van der Waals surface area contributed by atoms with Crippen molar-refractivity contribution in [3.63, 3.8) is 0 Å². The van der Waals surface area contributed by atoms with E-state index in [1.54, 1.807) is 6.92 Å². The van der Waals surface area contributed by atoms with Gasteiger partial charge in [0.1, 0.15) is 5.60 Å². The van der Waals surface area contributed by atoms with E-state index in [0.717, 1.165) is 11.3 Å². The molecule has 1 aliphatic rings. The summed E-state index contributed by atoms with van der Waals surface area (Å²) in [7, 11) is -3.11. The van der Waals surface area contributed by atoms with Crippen LogP contribution in [0.5, 0.6) is 0 Å². The average molecular weight is 389 g/mol. The highest BCUT2D eigenvalue weighted by molar-refractivity contribution is 7.88. The van der Waals surface area contributed by atoms with Crippen molar-refractivity contribution in [3.05, 3.63) is 22.4 Å². The largest absolute Gasteiger partial charge is 0.383 e. The second-order valence-electron chi connectivity index (χ2n) is 6.60. The van der Waals surface area contributed by atoms with Crippen LogP contribution in [0.15, 0.2) is 22.5 Å². The topological polar surface area (TPSA) is 94.0 Å². The molecule has 1 fully saturated rings. The summed E-state index contributed by atoms with van der Waals surface area (Å²) < 4.78 is 24.7. The van der Waals surface area contributed by atoms with E-state index < -0.39 is 15.6 Å². The molecule has 0 bridgehead atoms. The summed E-state index contributed by atoms with van der Waals surface area (Å²) in [6.07, 6.45) is 2.09. The molecule has 25 heavy (non-hydrogen) atoms. The maximum Gasteiger partial charge on any atom is 0.211 e. The molecule has 7 nitrogen and oxygen atoms in total. The molecular formula is C16H28N4O3S2. The van der Waals surface area contributed by atoms with Gasteiger partial charge in [0.25, 0.3) is 0 Å². The van der Waals surface area contributed by atoms with Crippen molar-refractivity contribution in [1.29, 1.82) is 0 Å². The third kappa shape index (κ3) is 5.95. The number of nitrogens with one attached hydrogen (secondary N) is 2. The predicted molar refractivity (Wildman–Crippen MR) is 102 cm³/mol. The highest BCUT2D eigenvalue weighted by Gasteiger charge is 2.28. The zero-order valence-electron chi connectivity index (χ0n) is 15.0. The van der Waals surface area contributed by atoms with Crippen LogP contribution >= 0.6 is 11.3 Å². The van der Waals surface area contributed by atoms with Crippen molar-refractivity contribution < 1.29 is 13.5 Å². The van der Waals surface area contributed by atoms with Crippen LogP contribution in [-0.2, 0) is 15.6 Å². The van der Waals surface area contributed by atoms with Crippen molar-refractivity contribution in [1.82, 2.24) is 14.9 Å². The van der Waals surface area contributed by atoms with E-state index >= 15 is 0 Å². The molecule has 0 spiro atoms. The zero-order valence-corrected chi connectivity index (χ0v) is 16.7. The molecule has 0 radical (unpaired) electrons. The summed E-state index contributed by atoms with van der Waals surface area (Å²) in [4.78, 5) is 5.37. The molecule has 0 aromatic carbocycles. The first kappa shape index (κ1) is 20.2. The molecule has 0 amide bonds. The maximum absolute atomic E-state index is 11.6. The van der Waals surface area contributed by atoms with Gasteiger partial charge in [-0.05, 0) is 37.6 Å². The summed E-state index contributed by atoms with van der Waals surface area (Å²) in [6, 6.07) is 3.81. The lowest BCUT2D eigenvalue weighted by atomic mass is 10.1. The Hall–Kier alpha value is -1.16. The van der Waals surface area contributed by atoms with E-state index in [4.69, 9.17) is 0 Å². The Morgan fingerprint density at radius 1 is 1.52 bits per heavy atom. The molecule has 142 valence electrons. The fourth-order valence-electron chi connectivity index (χ4n) is 2.74. The van der Waals surface area contributed by atoms with Crippen LogP contribution in [0.2, 0.25) is 0 Å². The number of hydrogen-bond acceptors (Lipinski definition) is 5. The number of aliphatic imine (C=N–C) groups is 1. The number of guanidine groups is 1. The van der Waals surface area contributed by atoms with E-state index in [-0.39, 0.29) is 12.5 Å². The molecule has 3 N–H and O–H groups in total. The Morgan fingerprint density at radius 2 is 2.28 bits per heavy atom. The van der Waals surface area contributed by atoms with E-state index in [2.05, 4.69) is 15.6 Å². The van der Waals surface area contributed by atoms with Crippen molar-refractivity contribution in [2.45, 2.75) is 25.9 Å². The van der Waals surface area contributed by atoms with Crippen LogP contribution in [0.1, 0.15) is 25.1 Å². The normalized spacial score (nSPS) is 21.9. The Labute approximate surface area is 154 Å². The van der Waals surface area contributed by atoms with Gasteiger partial charge >= 0.3 is 0 Å². The lowest BCUT2D eigenvalue weighted by Crippen LogP contribution is -2.41. The number of thiophene rings is 1. The Kier molecular flexibility index (Phi) is 6.84. The number of aliphatic hydroxyl groups is 1. The van der Waals surface area contributed by atoms with Gasteiger partial charge in [-0.1, -0.05) is 6.07 Å². The van der Waals surface area contributed by atoms with Crippen molar-refractivity contribution in [3.8, 4) is 0 Å². The van der Waals surface area contributed by atoms with Crippen LogP contribution in [0.4, 0.5) is 0 Å². The quantitative estimate of drug-likeness (QED) is 0.474. The second-order valence-corrected chi connectivity index (χ2v) is 9.53. The van der Waals surface area contributed by atoms with Gasteiger partial charge in [0.15, 0.2) is 5.96 Å². The summed E-state index contributed by atoms with van der Waals surface area (Å²) in [5, 5.41) is 18.9. The first-order valence-electron chi connectivity index (χ1n) is 8.46. The van der Waals surface area contributed by atoms with Crippen molar-refractivity contribution >= 4 is 27.3 Å². The average Bonchev–Trinajstić information content (AvgIpc) is 3.20. The molecule has 2 rings (SSSR count). The molecule has 2 unspecified atom stereocenters. The smallest absolute Gasteiger partial charge is 0.211 e. The van der Waals surface area contributed by atoms with Gasteiger partial charge in [0, 0.05) is 31.1 Å². The van der Waals surface area contributed by atoms with Crippen LogP contribution < -0.4 is 10.6 Å². The van der Waals surface area contributed by atoms with Gasteiger partial charge in [-0.25, -0.2) is 17.7 Å². The lowest BCUT2D eigenvalue weighted by molar-refractivity contribution is 0.0711. The molecule has 2 heterocycles. The Balaban J connectivity index is 1.90. The molecule has 2 atom stereocenters. The van der Waals surface area contributed by atoms with E-state index in [9.17, 15) is 13.5 Å². The zero-order chi connectivity index (χ0) is 18.5.